The average molecular weight is 301 g/mol. The van der Waals surface area contributed by atoms with Crippen molar-refractivity contribution in [3.63, 3.8) is 0 Å². The summed E-state index contributed by atoms with van der Waals surface area (Å²) in [6.07, 6.45) is -2.40. The molecule has 0 fully saturated rings. The third-order valence-electron chi connectivity index (χ3n) is 2.51. The van der Waals surface area contributed by atoms with Crippen molar-refractivity contribution >= 4 is 0 Å². The fourth-order valence-corrected chi connectivity index (χ4v) is 1.62. The van der Waals surface area contributed by atoms with E-state index in [1.54, 1.807) is 0 Å². The van der Waals surface area contributed by atoms with Gasteiger partial charge in [-0.05, 0) is 12.0 Å². The lowest BCUT2D eigenvalue weighted by molar-refractivity contribution is -0.137. The zero-order valence-electron chi connectivity index (χ0n) is 11.5. The maximum Gasteiger partial charge on any atom is 0.417 e. The number of alkyl halides is 3. The van der Waals surface area contributed by atoms with E-state index in [0.29, 0.717) is 12.5 Å². The Hall–Kier alpha value is -1.96. The first-order valence-electron chi connectivity index (χ1n) is 6.30. The van der Waals surface area contributed by atoms with Gasteiger partial charge in [-0.3, -0.25) is 4.98 Å². The fraction of sp³-hybridized carbons (Fsp3) is 0.462. The minimum absolute atomic E-state index is 0.0866. The number of ether oxygens (including phenoxy) is 1. The predicted molar refractivity (Wildman–Crippen MR) is 67.0 cm³/mol. The van der Waals surface area contributed by atoms with Gasteiger partial charge in [-0.1, -0.05) is 19.0 Å². The maximum atomic E-state index is 12.9. The molecule has 0 bridgehead atoms. The molecule has 0 saturated carbocycles. The molecule has 8 heteroatoms. The molecular formula is C13H14F3N3O2. The smallest absolute Gasteiger partial charge is 0.373 e. The first kappa shape index (κ1) is 15.4. The van der Waals surface area contributed by atoms with E-state index in [-0.39, 0.29) is 23.9 Å². The molecule has 2 aromatic heterocycles. The van der Waals surface area contributed by atoms with Crippen molar-refractivity contribution in [1.29, 1.82) is 0 Å². The molecule has 0 atom stereocenters. The van der Waals surface area contributed by atoms with Crippen molar-refractivity contribution in [1.82, 2.24) is 15.1 Å². The van der Waals surface area contributed by atoms with Gasteiger partial charge in [0.15, 0.2) is 5.82 Å². The molecule has 2 aromatic rings. The Morgan fingerprint density at radius 3 is 2.76 bits per heavy atom. The van der Waals surface area contributed by atoms with E-state index in [9.17, 15) is 13.2 Å². The SMILES string of the molecule is CC(C)COCc1noc(-c2cnccc2C(F)(F)F)n1. The monoisotopic (exact) mass is 301 g/mol. The Balaban J connectivity index is 2.18. The second-order valence-corrected chi connectivity index (χ2v) is 4.84. The third kappa shape index (κ3) is 4.01. The van der Waals surface area contributed by atoms with Gasteiger partial charge in [-0.25, -0.2) is 0 Å². The molecule has 0 saturated heterocycles. The molecule has 2 heterocycles. The molecule has 21 heavy (non-hydrogen) atoms. The summed E-state index contributed by atoms with van der Waals surface area (Å²) in [7, 11) is 0. The molecule has 0 aliphatic carbocycles. The summed E-state index contributed by atoms with van der Waals surface area (Å²) in [5.74, 6) is 0.313. The molecule has 0 aliphatic rings. The highest BCUT2D eigenvalue weighted by Gasteiger charge is 2.35. The Bertz CT molecular complexity index is 596. The van der Waals surface area contributed by atoms with E-state index in [1.807, 2.05) is 13.8 Å². The van der Waals surface area contributed by atoms with Crippen LogP contribution in [-0.4, -0.2) is 21.7 Å². The highest BCUT2D eigenvalue weighted by atomic mass is 19.4. The number of hydrogen-bond acceptors (Lipinski definition) is 5. The van der Waals surface area contributed by atoms with E-state index < -0.39 is 11.7 Å². The van der Waals surface area contributed by atoms with Crippen molar-refractivity contribution in [3.8, 4) is 11.5 Å². The predicted octanol–water partition coefficient (Wildman–Crippen LogP) is 3.32. The highest BCUT2D eigenvalue weighted by molar-refractivity contribution is 5.57. The van der Waals surface area contributed by atoms with Crippen molar-refractivity contribution in [2.24, 2.45) is 5.92 Å². The van der Waals surface area contributed by atoms with Gasteiger partial charge in [0, 0.05) is 19.0 Å². The second-order valence-electron chi connectivity index (χ2n) is 4.84. The largest absolute Gasteiger partial charge is 0.417 e. The molecule has 2 rings (SSSR count). The van der Waals surface area contributed by atoms with Gasteiger partial charge in [-0.2, -0.15) is 18.2 Å². The molecule has 114 valence electrons. The van der Waals surface area contributed by atoms with Crippen LogP contribution in [0.5, 0.6) is 0 Å². The van der Waals surface area contributed by atoms with Crippen molar-refractivity contribution < 1.29 is 22.4 Å². The van der Waals surface area contributed by atoms with Gasteiger partial charge in [0.05, 0.1) is 11.1 Å². The van der Waals surface area contributed by atoms with Crippen molar-refractivity contribution in [3.05, 3.63) is 29.8 Å². The van der Waals surface area contributed by atoms with E-state index >= 15 is 0 Å². The topological polar surface area (TPSA) is 61.0 Å². The Morgan fingerprint density at radius 2 is 2.10 bits per heavy atom. The summed E-state index contributed by atoms with van der Waals surface area (Å²) in [6.45, 7) is 4.55. The third-order valence-corrected chi connectivity index (χ3v) is 2.51. The second kappa shape index (κ2) is 6.21. The van der Waals surface area contributed by atoms with Gasteiger partial charge < -0.3 is 9.26 Å². The first-order chi connectivity index (χ1) is 9.88. The standard InChI is InChI=1S/C13H14F3N3O2/c1-8(2)6-20-7-11-18-12(21-19-11)9-5-17-4-3-10(9)13(14,15)16/h3-5,8H,6-7H2,1-2H3. The lowest BCUT2D eigenvalue weighted by Crippen LogP contribution is -2.07. The van der Waals surface area contributed by atoms with Crippen LogP contribution in [0.15, 0.2) is 23.0 Å². The van der Waals surface area contributed by atoms with Crippen LogP contribution >= 0.6 is 0 Å². The number of nitrogens with zero attached hydrogens (tertiary/aromatic N) is 3. The first-order valence-corrected chi connectivity index (χ1v) is 6.30. The summed E-state index contributed by atoms with van der Waals surface area (Å²) < 4.78 is 48.8. The summed E-state index contributed by atoms with van der Waals surface area (Å²) >= 11 is 0. The molecular weight excluding hydrogens is 287 g/mol. The van der Waals surface area contributed by atoms with E-state index in [2.05, 4.69) is 15.1 Å². The van der Waals surface area contributed by atoms with Gasteiger partial charge in [0.1, 0.15) is 6.61 Å². The molecule has 0 N–H and O–H groups in total. The average Bonchev–Trinajstić information content (AvgIpc) is 2.86. The zero-order chi connectivity index (χ0) is 15.5. The van der Waals surface area contributed by atoms with Gasteiger partial charge in [0.2, 0.25) is 0 Å². The van der Waals surface area contributed by atoms with Gasteiger partial charge in [-0.15, -0.1) is 0 Å². The fourth-order valence-electron chi connectivity index (χ4n) is 1.62. The Kier molecular flexibility index (Phi) is 4.56. The molecule has 0 unspecified atom stereocenters. The zero-order valence-corrected chi connectivity index (χ0v) is 11.5. The minimum Gasteiger partial charge on any atom is -0.373 e. The van der Waals surface area contributed by atoms with E-state index in [1.165, 1.54) is 0 Å². The highest BCUT2D eigenvalue weighted by Crippen LogP contribution is 2.35. The number of pyridine rings is 1. The normalized spacial score (nSPS) is 12.1. The molecule has 0 aliphatic heterocycles. The van der Waals surface area contributed by atoms with Crippen LogP contribution in [0.3, 0.4) is 0 Å². The lowest BCUT2D eigenvalue weighted by Gasteiger charge is -2.08. The minimum atomic E-state index is -4.51. The molecule has 0 radical (unpaired) electrons. The van der Waals surface area contributed by atoms with Crippen molar-refractivity contribution in [2.75, 3.05) is 6.61 Å². The summed E-state index contributed by atoms with van der Waals surface area (Å²) in [5, 5.41) is 3.61. The van der Waals surface area contributed by atoms with Crippen LogP contribution in [-0.2, 0) is 17.5 Å². The maximum absolute atomic E-state index is 12.9. The van der Waals surface area contributed by atoms with Crippen LogP contribution in [0.1, 0.15) is 25.2 Å². The van der Waals surface area contributed by atoms with Crippen LogP contribution in [0, 0.1) is 5.92 Å². The summed E-state index contributed by atoms with van der Waals surface area (Å²) in [5.41, 5.74) is -1.11. The van der Waals surface area contributed by atoms with E-state index in [4.69, 9.17) is 9.26 Å². The molecule has 0 aromatic carbocycles. The number of aromatic nitrogens is 3. The van der Waals surface area contributed by atoms with Crippen LogP contribution < -0.4 is 0 Å². The summed E-state index contributed by atoms with van der Waals surface area (Å²) in [6, 6.07) is 0.870. The van der Waals surface area contributed by atoms with Gasteiger partial charge in [0.25, 0.3) is 5.89 Å². The Labute approximate surface area is 119 Å². The number of halogens is 3. The van der Waals surface area contributed by atoms with Crippen LogP contribution in [0.2, 0.25) is 0 Å². The van der Waals surface area contributed by atoms with Crippen LogP contribution in [0.4, 0.5) is 13.2 Å². The Morgan fingerprint density at radius 1 is 1.33 bits per heavy atom. The summed E-state index contributed by atoms with van der Waals surface area (Å²) in [4.78, 5) is 7.58. The lowest BCUT2D eigenvalue weighted by atomic mass is 10.1. The molecule has 0 spiro atoms. The van der Waals surface area contributed by atoms with Crippen LogP contribution in [0.25, 0.3) is 11.5 Å². The number of rotatable bonds is 5. The molecule has 0 amide bonds. The van der Waals surface area contributed by atoms with Crippen molar-refractivity contribution in [2.45, 2.75) is 26.6 Å². The quantitative estimate of drug-likeness (QED) is 0.847. The van der Waals surface area contributed by atoms with E-state index in [0.717, 1.165) is 18.5 Å². The number of hydrogen-bond donors (Lipinski definition) is 0. The molecule has 5 nitrogen and oxygen atoms in total. The van der Waals surface area contributed by atoms with Gasteiger partial charge >= 0.3 is 6.18 Å².